The highest BCUT2D eigenvalue weighted by Gasteiger charge is 2.61. The number of carbonyl (C=O) groups excluding carboxylic acids is 2. The van der Waals surface area contributed by atoms with Gasteiger partial charge in [0.25, 0.3) is 5.91 Å². The standard InChI is InChI=1S/C19H26N2O2S/c1-3-4-20-16(22)15-11(2)10-24-17(15)21-18(23)19-8-12-5-13(9-19)7-14(19)6-12/h10,12-14H,3-9H2,1-2H3,(H,20,22)(H,21,23)/t12-,13?,14?,19?/m1/s1. The lowest BCUT2D eigenvalue weighted by molar-refractivity contribution is -0.127. The predicted octanol–water partition coefficient (Wildman–Crippen LogP) is 3.96. The van der Waals surface area contributed by atoms with Crippen LogP contribution < -0.4 is 10.6 Å². The summed E-state index contributed by atoms with van der Waals surface area (Å²) in [6.45, 7) is 4.64. The summed E-state index contributed by atoms with van der Waals surface area (Å²) < 4.78 is 0. The Morgan fingerprint density at radius 1 is 1.25 bits per heavy atom. The topological polar surface area (TPSA) is 58.2 Å². The van der Waals surface area contributed by atoms with Crippen molar-refractivity contribution in [2.75, 3.05) is 11.9 Å². The Morgan fingerprint density at radius 3 is 2.62 bits per heavy atom. The van der Waals surface area contributed by atoms with E-state index in [1.807, 2.05) is 19.2 Å². The monoisotopic (exact) mass is 346 g/mol. The molecule has 0 spiro atoms. The highest BCUT2D eigenvalue weighted by molar-refractivity contribution is 7.15. The van der Waals surface area contributed by atoms with Crippen LogP contribution in [0.1, 0.15) is 61.4 Å². The molecule has 4 fully saturated rings. The zero-order chi connectivity index (χ0) is 16.9. The molecule has 5 rings (SSSR count). The molecule has 24 heavy (non-hydrogen) atoms. The summed E-state index contributed by atoms with van der Waals surface area (Å²) in [6, 6.07) is 0. The Kier molecular flexibility index (Phi) is 3.94. The molecule has 5 heteroatoms. The number of anilines is 1. The first kappa shape index (κ1) is 16.1. The van der Waals surface area contributed by atoms with Crippen molar-refractivity contribution < 1.29 is 9.59 Å². The second-order valence-corrected chi connectivity index (χ2v) is 8.91. The van der Waals surface area contributed by atoms with E-state index in [2.05, 4.69) is 10.6 Å². The van der Waals surface area contributed by atoms with Crippen molar-refractivity contribution in [3.8, 4) is 0 Å². The third-order valence-corrected chi connectivity index (χ3v) is 7.42. The van der Waals surface area contributed by atoms with Crippen molar-refractivity contribution >= 4 is 28.2 Å². The molecular weight excluding hydrogens is 320 g/mol. The lowest BCUT2D eigenvalue weighted by Gasteiger charge is -2.31. The fraction of sp³-hybridized carbons (Fsp3) is 0.684. The number of hydrogen-bond donors (Lipinski definition) is 2. The van der Waals surface area contributed by atoms with Crippen LogP contribution in [-0.4, -0.2) is 18.4 Å². The molecule has 4 nitrogen and oxygen atoms in total. The Morgan fingerprint density at radius 2 is 1.96 bits per heavy atom. The fourth-order valence-electron chi connectivity index (χ4n) is 5.54. The van der Waals surface area contributed by atoms with Crippen molar-refractivity contribution in [3.05, 3.63) is 16.5 Å². The number of amides is 2. The molecule has 4 bridgehead atoms. The summed E-state index contributed by atoms with van der Waals surface area (Å²) in [5, 5.41) is 8.78. The van der Waals surface area contributed by atoms with Crippen LogP contribution >= 0.6 is 11.3 Å². The number of hydrogen-bond acceptors (Lipinski definition) is 3. The molecule has 130 valence electrons. The third-order valence-electron chi connectivity index (χ3n) is 6.41. The molecule has 0 aliphatic heterocycles. The van der Waals surface area contributed by atoms with E-state index in [1.165, 1.54) is 30.6 Å². The summed E-state index contributed by atoms with van der Waals surface area (Å²) in [6.07, 6.45) is 6.82. The zero-order valence-electron chi connectivity index (χ0n) is 14.5. The van der Waals surface area contributed by atoms with Crippen LogP contribution in [-0.2, 0) is 4.79 Å². The molecule has 4 atom stereocenters. The van der Waals surface area contributed by atoms with Crippen LogP contribution in [0.15, 0.2) is 5.38 Å². The second kappa shape index (κ2) is 5.87. The lowest BCUT2D eigenvalue weighted by atomic mass is 9.75. The minimum atomic E-state index is -0.150. The first-order valence-corrected chi connectivity index (χ1v) is 10.1. The van der Waals surface area contributed by atoms with Crippen LogP contribution in [0, 0.1) is 30.1 Å². The lowest BCUT2D eigenvalue weighted by Crippen LogP contribution is -2.37. The highest BCUT2D eigenvalue weighted by atomic mass is 32.1. The largest absolute Gasteiger partial charge is 0.352 e. The number of aryl methyl sites for hydroxylation is 1. The van der Waals surface area contributed by atoms with Crippen molar-refractivity contribution in [1.29, 1.82) is 0 Å². The molecule has 4 aliphatic rings. The van der Waals surface area contributed by atoms with E-state index in [0.717, 1.165) is 41.7 Å². The SMILES string of the molecule is CCCNC(=O)c1c(C)csc1NC(=O)C12CC3CC1C[C@@H](C3)C2. The first-order valence-electron chi connectivity index (χ1n) is 9.21. The van der Waals surface area contributed by atoms with Gasteiger partial charge in [0.15, 0.2) is 0 Å². The Balaban J connectivity index is 1.54. The van der Waals surface area contributed by atoms with Gasteiger partial charge in [-0.1, -0.05) is 6.92 Å². The molecule has 0 aromatic carbocycles. The molecule has 0 saturated heterocycles. The first-order chi connectivity index (χ1) is 11.5. The van der Waals surface area contributed by atoms with E-state index >= 15 is 0 Å². The van der Waals surface area contributed by atoms with Gasteiger partial charge in [-0.25, -0.2) is 0 Å². The van der Waals surface area contributed by atoms with Crippen LogP contribution in [0.4, 0.5) is 5.00 Å². The Hall–Kier alpha value is -1.36. The van der Waals surface area contributed by atoms with Gasteiger partial charge in [-0.3, -0.25) is 9.59 Å². The summed E-state index contributed by atoms with van der Waals surface area (Å²) in [5.41, 5.74) is 1.44. The number of carbonyl (C=O) groups is 2. The van der Waals surface area contributed by atoms with E-state index in [4.69, 9.17) is 0 Å². The summed E-state index contributed by atoms with van der Waals surface area (Å²) in [7, 11) is 0. The van der Waals surface area contributed by atoms with E-state index in [1.54, 1.807) is 0 Å². The van der Waals surface area contributed by atoms with Gasteiger partial charge in [0.1, 0.15) is 5.00 Å². The quantitative estimate of drug-likeness (QED) is 0.848. The van der Waals surface area contributed by atoms with Crippen LogP contribution in [0.3, 0.4) is 0 Å². The number of nitrogens with one attached hydrogen (secondary N) is 2. The maximum Gasteiger partial charge on any atom is 0.254 e. The average Bonchev–Trinajstić information content (AvgIpc) is 3.12. The van der Waals surface area contributed by atoms with E-state index in [-0.39, 0.29) is 17.2 Å². The van der Waals surface area contributed by atoms with E-state index in [9.17, 15) is 9.59 Å². The number of rotatable bonds is 5. The molecule has 1 aromatic rings. The minimum absolute atomic E-state index is 0.0689. The average molecular weight is 346 g/mol. The molecule has 2 amide bonds. The van der Waals surface area contributed by atoms with Gasteiger partial charge >= 0.3 is 0 Å². The van der Waals surface area contributed by atoms with Crippen molar-refractivity contribution in [3.63, 3.8) is 0 Å². The molecule has 3 unspecified atom stereocenters. The summed E-state index contributed by atoms with van der Waals surface area (Å²) in [5.74, 6) is 2.18. The van der Waals surface area contributed by atoms with Gasteiger partial charge in [0.2, 0.25) is 5.91 Å². The van der Waals surface area contributed by atoms with Gasteiger partial charge in [-0.2, -0.15) is 0 Å². The molecule has 1 heterocycles. The Labute approximate surface area is 147 Å². The highest BCUT2D eigenvalue weighted by Crippen LogP contribution is 2.65. The molecule has 4 saturated carbocycles. The van der Waals surface area contributed by atoms with Gasteiger partial charge in [0.05, 0.1) is 11.0 Å². The minimum Gasteiger partial charge on any atom is -0.352 e. The summed E-state index contributed by atoms with van der Waals surface area (Å²) >= 11 is 1.48. The van der Waals surface area contributed by atoms with Crippen molar-refractivity contribution in [2.45, 2.75) is 52.4 Å². The van der Waals surface area contributed by atoms with Gasteiger partial charge in [0, 0.05) is 6.54 Å². The molecule has 1 aromatic heterocycles. The van der Waals surface area contributed by atoms with Crippen LogP contribution in [0.25, 0.3) is 0 Å². The van der Waals surface area contributed by atoms with Crippen LogP contribution in [0.5, 0.6) is 0 Å². The molecule has 2 N–H and O–H groups in total. The maximum absolute atomic E-state index is 13.1. The smallest absolute Gasteiger partial charge is 0.254 e. The van der Waals surface area contributed by atoms with Crippen molar-refractivity contribution in [1.82, 2.24) is 5.32 Å². The Bertz CT molecular complexity index is 667. The number of thiophene rings is 1. The normalized spacial score (nSPS) is 33.0. The van der Waals surface area contributed by atoms with Gasteiger partial charge in [-0.15, -0.1) is 11.3 Å². The maximum atomic E-state index is 13.1. The van der Waals surface area contributed by atoms with E-state index < -0.39 is 0 Å². The van der Waals surface area contributed by atoms with Crippen molar-refractivity contribution in [2.24, 2.45) is 23.2 Å². The summed E-state index contributed by atoms with van der Waals surface area (Å²) in [4.78, 5) is 25.6. The van der Waals surface area contributed by atoms with Crippen LogP contribution in [0.2, 0.25) is 0 Å². The van der Waals surface area contributed by atoms with Gasteiger partial charge in [-0.05, 0) is 74.1 Å². The second-order valence-electron chi connectivity index (χ2n) is 8.03. The fourth-order valence-corrected chi connectivity index (χ4v) is 6.48. The third kappa shape index (κ3) is 2.40. The molecule has 0 radical (unpaired) electrons. The van der Waals surface area contributed by atoms with Gasteiger partial charge < -0.3 is 10.6 Å². The molecule has 4 aliphatic carbocycles. The zero-order valence-corrected chi connectivity index (χ0v) is 15.3. The molecular formula is C19H26N2O2S. The van der Waals surface area contributed by atoms with E-state index in [0.29, 0.717) is 18.0 Å². The predicted molar refractivity (Wildman–Crippen MR) is 96.3 cm³/mol.